The molecule has 6 heteroatoms. The van der Waals surface area contributed by atoms with Crippen molar-refractivity contribution in [2.75, 3.05) is 12.3 Å². The van der Waals surface area contributed by atoms with Crippen LogP contribution in [0.5, 0.6) is 11.5 Å². The van der Waals surface area contributed by atoms with E-state index in [2.05, 4.69) is 0 Å². The Kier molecular flexibility index (Phi) is 6.25. The Morgan fingerprint density at radius 1 is 1.09 bits per heavy atom. The highest BCUT2D eigenvalue weighted by atomic mass is 16.8. The number of Topliss-reactive ketones (excluding diaryl/α,β-unsaturated/α-hetero) is 1. The van der Waals surface area contributed by atoms with E-state index in [1.807, 2.05) is 48.5 Å². The lowest BCUT2D eigenvalue weighted by Gasteiger charge is -2.24. The minimum absolute atomic E-state index is 0.0762. The summed E-state index contributed by atoms with van der Waals surface area (Å²) in [6.07, 6.45) is 3.50. The Morgan fingerprint density at radius 2 is 1.91 bits per heavy atom. The Bertz CT molecular complexity index is 1180. The van der Waals surface area contributed by atoms with Crippen LogP contribution < -0.4 is 14.7 Å². The molecule has 0 fully saturated rings. The van der Waals surface area contributed by atoms with E-state index >= 15 is 0 Å². The van der Waals surface area contributed by atoms with Crippen LogP contribution in [0.15, 0.2) is 66.2 Å². The first-order valence-electron chi connectivity index (χ1n) is 10.4. The summed E-state index contributed by atoms with van der Waals surface area (Å²) in [6, 6.07) is 18.3. The van der Waals surface area contributed by atoms with Crippen molar-refractivity contribution in [3.05, 3.63) is 99.3 Å². The SMILES string of the molecule is COc1ccc(C=C2CCc3ccccc3C2=O)cc1COc1ccc(N([O-])O)c(C)c1. The Labute approximate surface area is 186 Å². The summed E-state index contributed by atoms with van der Waals surface area (Å²) in [4.78, 5) is 12.9. The quantitative estimate of drug-likeness (QED) is 0.411. The van der Waals surface area contributed by atoms with Gasteiger partial charge in [0, 0.05) is 16.7 Å². The van der Waals surface area contributed by atoms with E-state index in [1.54, 1.807) is 26.2 Å². The maximum Gasteiger partial charge on any atom is 0.189 e. The summed E-state index contributed by atoms with van der Waals surface area (Å²) in [5.41, 5.74) is 5.17. The van der Waals surface area contributed by atoms with Crippen molar-refractivity contribution in [2.45, 2.75) is 26.4 Å². The fraction of sp³-hybridized carbons (Fsp3) is 0.192. The smallest absolute Gasteiger partial charge is 0.189 e. The number of anilines is 1. The van der Waals surface area contributed by atoms with Crippen LogP contribution in [-0.2, 0) is 13.0 Å². The molecular formula is C26H24NO5-. The van der Waals surface area contributed by atoms with Crippen LogP contribution in [0.2, 0.25) is 0 Å². The van der Waals surface area contributed by atoms with Gasteiger partial charge in [-0.05, 0) is 72.9 Å². The minimum Gasteiger partial charge on any atom is -0.733 e. The third kappa shape index (κ3) is 4.51. The van der Waals surface area contributed by atoms with Gasteiger partial charge in [0.25, 0.3) is 0 Å². The summed E-state index contributed by atoms with van der Waals surface area (Å²) in [5, 5.41) is 20.1. The van der Waals surface area contributed by atoms with Crippen LogP contribution in [0.1, 0.15) is 39.0 Å². The van der Waals surface area contributed by atoms with Crippen molar-refractivity contribution in [1.82, 2.24) is 0 Å². The Hall–Kier alpha value is -3.61. The molecule has 0 amide bonds. The maximum atomic E-state index is 12.9. The Balaban J connectivity index is 1.55. The van der Waals surface area contributed by atoms with Gasteiger partial charge in [-0.15, -0.1) is 0 Å². The summed E-state index contributed by atoms with van der Waals surface area (Å²) < 4.78 is 11.4. The number of fused-ring (bicyclic) bond motifs is 1. The van der Waals surface area contributed by atoms with Crippen LogP contribution in [0.3, 0.4) is 0 Å². The summed E-state index contributed by atoms with van der Waals surface area (Å²) >= 11 is 0. The van der Waals surface area contributed by atoms with Crippen molar-refractivity contribution in [3.63, 3.8) is 0 Å². The number of rotatable bonds is 6. The molecule has 0 atom stereocenters. The van der Waals surface area contributed by atoms with E-state index in [1.165, 1.54) is 6.07 Å². The van der Waals surface area contributed by atoms with Crippen LogP contribution in [-0.4, -0.2) is 18.1 Å². The molecule has 0 spiro atoms. The molecule has 0 aliphatic heterocycles. The number of allylic oxidation sites excluding steroid dienone is 1. The van der Waals surface area contributed by atoms with Crippen molar-refractivity contribution in [1.29, 1.82) is 0 Å². The second-order valence-corrected chi connectivity index (χ2v) is 7.74. The summed E-state index contributed by atoms with van der Waals surface area (Å²) in [6.45, 7) is 1.96. The number of ketones is 1. The summed E-state index contributed by atoms with van der Waals surface area (Å²) in [5.74, 6) is 1.33. The topological polar surface area (TPSA) is 82.1 Å². The number of aryl methyl sites for hydroxylation is 2. The normalized spacial score (nSPS) is 14.2. The van der Waals surface area contributed by atoms with Gasteiger partial charge in [-0.3, -0.25) is 10.0 Å². The average molecular weight is 430 g/mol. The van der Waals surface area contributed by atoms with Gasteiger partial charge in [0.15, 0.2) is 5.78 Å². The first-order valence-corrected chi connectivity index (χ1v) is 10.4. The molecule has 0 radical (unpaired) electrons. The molecule has 0 heterocycles. The zero-order valence-corrected chi connectivity index (χ0v) is 18.0. The van der Waals surface area contributed by atoms with E-state index in [4.69, 9.17) is 14.7 Å². The van der Waals surface area contributed by atoms with Crippen LogP contribution in [0.25, 0.3) is 6.08 Å². The number of benzene rings is 3. The van der Waals surface area contributed by atoms with Gasteiger partial charge >= 0.3 is 0 Å². The lowest BCUT2D eigenvalue weighted by atomic mass is 9.86. The number of hydrogen-bond donors (Lipinski definition) is 1. The predicted octanol–water partition coefficient (Wildman–Crippen LogP) is 5.49. The number of ether oxygens (including phenoxy) is 2. The summed E-state index contributed by atoms with van der Waals surface area (Å²) in [7, 11) is 1.60. The van der Waals surface area contributed by atoms with Crippen molar-refractivity contribution in [2.24, 2.45) is 0 Å². The average Bonchev–Trinajstić information content (AvgIpc) is 2.79. The van der Waals surface area contributed by atoms with Gasteiger partial charge in [0.05, 0.1) is 12.8 Å². The van der Waals surface area contributed by atoms with E-state index in [-0.39, 0.29) is 23.3 Å². The van der Waals surface area contributed by atoms with Crippen molar-refractivity contribution in [3.8, 4) is 11.5 Å². The van der Waals surface area contributed by atoms with Crippen LogP contribution in [0, 0.1) is 12.1 Å². The van der Waals surface area contributed by atoms with Gasteiger partial charge < -0.3 is 19.9 Å². The first-order chi connectivity index (χ1) is 15.5. The molecule has 1 N–H and O–H groups in total. The third-order valence-electron chi connectivity index (χ3n) is 5.63. The lowest BCUT2D eigenvalue weighted by molar-refractivity contribution is 0.102. The van der Waals surface area contributed by atoms with Crippen molar-refractivity contribution >= 4 is 17.5 Å². The predicted molar refractivity (Wildman–Crippen MR) is 123 cm³/mol. The monoisotopic (exact) mass is 430 g/mol. The molecule has 1 aliphatic rings. The molecule has 4 rings (SSSR count). The van der Waals surface area contributed by atoms with E-state index in [0.717, 1.165) is 34.2 Å². The molecular weight excluding hydrogens is 406 g/mol. The number of carbonyl (C=O) groups excluding carboxylic acids is 1. The number of carbonyl (C=O) groups is 1. The molecule has 164 valence electrons. The minimum atomic E-state index is -0.163. The largest absolute Gasteiger partial charge is 0.733 e. The number of hydrogen-bond acceptors (Lipinski definition) is 6. The fourth-order valence-corrected chi connectivity index (χ4v) is 3.95. The molecule has 0 saturated carbocycles. The van der Waals surface area contributed by atoms with Gasteiger partial charge in [-0.1, -0.05) is 30.3 Å². The number of nitrogens with zero attached hydrogens (tertiary/aromatic N) is 1. The second kappa shape index (κ2) is 9.26. The van der Waals surface area contributed by atoms with Crippen LogP contribution >= 0.6 is 0 Å². The molecule has 32 heavy (non-hydrogen) atoms. The second-order valence-electron chi connectivity index (χ2n) is 7.74. The van der Waals surface area contributed by atoms with Gasteiger partial charge in [-0.2, -0.15) is 0 Å². The maximum absolute atomic E-state index is 12.9. The van der Waals surface area contributed by atoms with Gasteiger partial charge in [-0.25, -0.2) is 0 Å². The zero-order chi connectivity index (χ0) is 22.7. The van der Waals surface area contributed by atoms with Gasteiger partial charge in [0.2, 0.25) is 0 Å². The lowest BCUT2D eigenvalue weighted by Crippen LogP contribution is -2.13. The van der Waals surface area contributed by atoms with E-state index < -0.39 is 0 Å². The molecule has 1 aliphatic carbocycles. The van der Waals surface area contributed by atoms with Crippen LogP contribution in [0.4, 0.5) is 5.69 Å². The molecule has 3 aromatic carbocycles. The van der Waals surface area contributed by atoms with E-state index in [9.17, 15) is 10.0 Å². The molecule has 0 unspecified atom stereocenters. The molecule has 6 nitrogen and oxygen atoms in total. The highest BCUT2D eigenvalue weighted by Crippen LogP contribution is 2.29. The molecule has 3 aromatic rings. The standard InChI is InChI=1S/C26H24NO5/c1-17-13-22(10-11-24(17)27(29)30)32-16-21-15-18(7-12-25(21)31-2)14-20-9-8-19-5-3-4-6-23(19)26(20)28/h3-7,10-15,29H,8-9,16H2,1-2H3/q-1. The molecule has 0 aromatic heterocycles. The number of methoxy groups -OCH3 is 1. The zero-order valence-electron chi connectivity index (χ0n) is 18.0. The van der Waals surface area contributed by atoms with Crippen molar-refractivity contribution < 1.29 is 19.5 Å². The third-order valence-corrected chi connectivity index (χ3v) is 5.63. The highest BCUT2D eigenvalue weighted by molar-refractivity contribution is 6.13. The van der Waals surface area contributed by atoms with Gasteiger partial charge in [0.1, 0.15) is 18.1 Å². The molecule has 0 saturated heterocycles. The molecule has 0 bridgehead atoms. The first kappa shape index (κ1) is 21.6. The fourth-order valence-electron chi connectivity index (χ4n) is 3.95. The Morgan fingerprint density at radius 3 is 2.66 bits per heavy atom. The highest BCUT2D eigenvalue weighted by Gasteiger charge is 2.21. The van der Waals surface area contributed by atoms with E-state index in [0.29, 0.717) is 23.5 Å².